The molecule has 0 radical (unpaired) electrons. The summed E-state index contributed by atoms with van der Waals surface area (Å²) in [7, 11) is 0. The molecule has 2 aromatic rings. The molecule has 0 unspecified atom stereocenters. The first-order chi connectivity index (χ1) is 11.1. The van der Waals surface area contributed by atoms with Crippen molar-refractivity contribution < 1.29 is 0 Å². The molecule has 1 aliphatic rings. The van der Waals surface area contributed by atoms with Crippen molar-refractivity contribution in [1.82, 2.24) is 0 Å². The Kier molecular flexibility index (Phi) is 4.51. The van der Waals surface area contributed by atoms with Gasteiger partial charge in [0.2, 0.25) is 0 Å². The Morgan fingerprint density at radius 2 is 1.48 bits per heavy atom. The van der Waals surface area contributed by atoms with E-state index in [0.717, 1.165) is 13.1 Å². The molecule has 3 rings (SSSR count). The zero-order valence-corrected chi connectivity index (χ0v) is 14.6. The fraction of sp³-hybridized carbons (Fsp3) is 0.381. The summed E-state index contributed by atoms with van der Waals surface area (Å²) >= 11 is 0. The van der Waals surface area contributed by atoms with E-state index in [1.807, 2.05) is 6.34 Å². The van der Waals surface area contributed by atoms with Crippen molar-refractivity contribution in [2.24, 2.45) is 4.99 Å². The van der Waals surface area contributed by atoms with Crippen LogP contribution in [-0.4, -0.2) is 19.4 Å². The zero-order valence-electron chi connectivity index (χ0n) is 14.6. The van der Waals surface area contributed by atoms with E-state index in [1.54, 1.807) is 0 Å². The monoisotopic (exact) mass is 306 g/mol. The van der Waals surface area contributed by atoms with Crippen LogP contribution in [0.25, 0.3) is 11.1 Å². The lowest BCUT2D eigenvalue weighted by molar-refractivity contribution is 0.825. The average Bonchev–Trinajstić information content (AvgIpc) is 3.08. The van der Waals surface area contributed by atoms with Gasteiger partial charge in [-0.1, -0.05) is 58.0 Å². The topological polar surface area (TPSA) is 15.6 Å². The summed E-state index contributed by atoms with van der Waals surface area (Å²) in [6, 6.07) is 15.4. The summed E-state index contributed by atoms with van der Waals surface area (Å²) in [6.45, 7) is 11.0. The van der Waals surface area contributed by atoms with Gasteiger partial charge < -0.3 is 4.90 Å². The van der Waals surface area contributed by atoms with Crippen molar-refractivity contribution in [2.75, 3.05) is 18.0 Å². The lowest BCUT2D eigenvalue weighted by Gasteiger charge is -2.27. The molecule has 0 saturated carbocycles. The number of hydrogen-bond donors (Lipinski definition) is 0. The number of benzene rings is 2. The van der Waals surface area contributed by atoms with E-state index in [1.165, 1.54) is 27.9 Å². The second kappa shape index (κ2) is 6.57. The van der Waals surface area contributed by atoms with E-state index < -0.39 is 0 Å². The van der Waals surface area contributed by atoms with Gasteiger partial charge in [0.05, 0.1) is 12.9 Å². The molecule has 2 heteroatoms. The maximum atomic E-state index is 4.42. The van der Waals surface area contributed by atoms with E-state index in [-0.39, 0.29) is 0 Å². The number of hydrogen-bond acceptors (Lipinski definition) is 2. The third-order valence-electron chi connectivity index (χ3n) is 4.50. The average molecular weight is 306 g/mol. The van der Waals surface area contributed by atoms with Crippen molar-refractivity contribution in [3.63, 3.8) is 0 Å². The molecule has 0 N–H and O–H groups in total. The van der Waals surface area contributed by atoms with Crippen molar-refractivity contribution in [1.29, 1.82) is 0 Å². The van der Waals surface area contributed by atoms with Gasteiger partial charge in [0.25, 0.3) is 0 Å². The third kappa shape index (κ3) is 3.17. The predicted molar refractivity (Wildman–Crippen MR) is 101 cm³/mol. The first kappa shape index (κ1) is 15.8. The van der Waals surface area contributed by atoms with Gasteiger partial charge in [-0.3, -0.25) is 4.99 Å². The fourth-order valence-corrected chi connectivity index (χ4v) is 3.24. The van der Waals surface area contributed by atoms with E-state index >= 15 is 0 Å². The normalized spacial score (nSPS) is 14.3. The van der Waals surface area contributed by atoms with Crippen LogP contribution < -0.4 is 4.90 Å². The first-order valence-corrected chi connectivity index (χ1v) is 8.57. The van der Waals surface area contributed by atoms with E-state index in [4.69, 9.17) is 0 Å². The highest BCUT2D eigenvalue weighted by molar-refractivity contribution is 5.86. The quantitative estimate of drug-likeness (QED) is 0.733. The second-order valence-electron chi connectivity index (χ2n) is 6.89. The van der Waals surface area contributed by atoms with Crippen molar-refractivity contribution in [3.8, 4) is 11.1 Å². The molecule has 2 aromatic carbocycles. The maximum Gasteiger partial charge on any atom is 0.0895 e. The van der Waals surface area contributed by atoms with Crippen molar-refractivity contribution >= 4 is 12.0 Å². The number of nitrogens with zero attached hydrogens (tertiary/aromatic N) is 2. The molecular formula is C21H26N2. The minimum atomic E-state index is 0.486. The van der Waals surface area contributed by atoms with Gasteiger partial charge in [-0.15, -0.1) is 0 Å². The van der Waals surface area contributed by atoms with Gasteiger partial charge in [-0.05, 0) is 46.2 Å². The Morgan fingerprint density at radius 3 is 1.96 bits per heavy atom. The summed E-state index contributed by atoms with van der Waals surface area (Å²) in [5, 5.41) is 0. The maximum absolute atomic E-state index is 4.42. The van der Waals surface area contributed by atoms with Gasteiger partial charge in [0.15, 0.2) is 0 Å². The molecule has 1 aliphatic heterocycles. The summed E-state index contributed by atoms with van der Waals surface area (Å²) in [5.74, 6) is 0.973. The fourth-order valence-electron chi connectivity index (χ4n) is 3.24. The number of rotatable bonds is 4. The molecule has 23 heavy (non-hydrogen) atoms. The molecule has 0 bridgehead atoms. The Balaban J connectivity index is 2.21. The van der Waals surface area contributed by atoms with Gasteiger partial charge in [-0.2, -0.15) is 0 Å². The molecule has 0 saturated heterocycles. The zero-order chi connectivity index (χ0) is 16.4. The second-order valence-corrected chi connectivity index (χ2v) is 6.89. The largest absolute Gasteiger partial charge is 0.330 e. The lowest BCUT2D eigenvalue weighted by Crippen LogP contribution is -2.22. The van der Waals surface area contributed by atoms with Crippen LogP contribution in [0.4, 0.5) is 5.69 Å². The van der Waals surface area contributed by atoms with Crippen LogP contribution in [0.15, 0.2) is 47.5 Å². The molecule has 0 amide bonds. The van der Waals surface area contributed by atoms with Crippen LogP contribution in [0.3, 0.4) is 0 Å². The first-order valence-electron chi connectivity index (χ1n) is 8.57. The smallest absolute Gasteiger partial charge is 0.0895 e. The van der Waals surface area contributed by atoms with Crippen LogP contribution in [0.1, 0.15) is 50.7 Å². The standard InChI is InChI=1S/C21H26N2/c1-15(2)19-12-18(17-8-6-5-7-9-17)13-20(16(3)4)21(19)23-11-10-22-14-23/h5-9,12-16H,10-11H2,1-4H3. The van der Waals surface area contributed by atoms with E-state index in [2.05, 4.69) is 80.1 Å². The van der Waals surface area contributed by atoms with Gasteiger partial charge in [0.1, 0.15) is 0 Å². The molecule has 0 spiro atoms. The highest BCUT2D eigenvalue weighted by Crippen LogP contribution is 2.39. The summed E-state index contributed by atoms with van der Waals surface area (Å²) in [4.78, 5) is 6.76. The SMILES string of the molecule is CC(C)c1cc(-c2ccccc2)cc(C(C)C)c1N1C=NCC1. The predicted octanol–water partition coefficient (Wildman–Crippen LogP) is 5.45. The summed E-state index contributed by atoms with van der Waals surface area (Å²) < 4.78 is 0. The van der Waals surface area contributed by atoms with E-state index in [9.17, 15) is 0 Å². The molecule has 1 heterocycles. The Hall–Kier alpha value is -2.09. The number of anilines is 1. The molecule has 0 aliphatic carbocycles. The Labute approximate surface area is 139 Å². The highest BCUT2D eigenvalue weighted by Gasteiger charge is 2.21. The highest BCUT2D eigenvalue weighted by atomic mass is 15.2. The van der Waals surface area contributed by atoms with Gasteiger partial charge in [-0.25, -0.2) is 0 Å². The van der Waals surface area contributed by atoms with Crippen LogP contribution in [0, 0.1) is 0 Å². The van der Waals surface area contributed by atoms with E-state index in [0.29, 0.717) is 11.8 Å². The summed E-state index contributed by atoms with van der Waals surface area (Å²) in [5.41, 5.74) is 6.82. The molecule has 0 aromatic heterocycles. The van der Waals surface area contributed by atoms with Gasteiger partial charge >= 0.3 is 0 Å². The minimum absolute atomic E-state index is 0.486. The molecular weight excluding hydrogens is 280 g/mol. The van der Waals surface area contributed by atoms with Crippen LogP contribution in [0.2, 0.25) is 0 Å². The van der Waals surface area contributed by atoms with Crippen molar-refractivity contribution in [3.05, 3.63) is 53.6 Å². The molecule has 0 atom stereocenters. The Morgan fingerprint density at radius 1 is 0.870 bits per heavy atom. The third-order valence-corrected chi connectivity index (χ3v) is 4.50. The van der Waals surface area contributed by atoms with Crippen molar-refractivity contribution in [2.45, 2.75) is 39.5 Å². The lowest BCUT2D eigenvalue weighted by atomic mass is 9.88. The minimum Gasteiger partial charge on any atom is -0.330 e. The Bertz CT molecular complexity index is 670. The summed E-state index contributed by atoms with van der Waals surface area (Å²) in [6.07, 6.45) is 2.01. The van der Waals surface area contributed by atoms with Crippen LogP contribution in [0.5, 0.6) is 0 Å². The number of aliphatic imine (C=N–C) groups is 1. The van der Waals surface area contributed by atoms with Crippen LogP contribution >= 0.6 is 0 Å². The van der Waals surface area contributed by atoms with Crippen LogP contribution in [-0.2, 0) is 0 Å². The molecule has 2 nitrogen and oxygen atoms in total. The molecule has 0 fully saturated rings. The molecule has 120 valence electrons. The van der Waals surface area contributed by atoms with Gasteiger partial charge in [0, 0.05) is 12.2 Å².